The quantitative estimate of drug-likeness (QED) is 0.359. The van der Waals surface area contributed by atoms with Gasteiger partial charge in [0, 0.05) is 17.8 Å². The summed E-state index contributed by atoms with van der Waals surface area (Å²) in [5, 5.41) is 25.2. The van der Waals surface area contributed by atoms with E-state index < -0.39 is 21.4 Å². The van der Waals surface area contributed by atoms with Crippen LogP contribution in [0.25, 0.3) is 0 Å². The molecule has 3 N–H and O–H groups in total. The molecule has 0 aliphatic heterocycles. The molecule has 1 heterocycles. The SMILES string of the molecule is COc1ccccc1C(=O)NNc1ncnc(Nc2cccc([N+](=O)[O-])c2)c1[N+](=O)[O-]. The highest BCUT2D eigenvalue weighted by molar-refractivity contribution is 5.97. The molecule has 0 aliphatic rings. The Labute approximate surface area is 174 Å². The van der Waals surface area contributed by atoms with Crippen molar-refractivity contribution in [2.45, 2.75) is 0 Å². The molecule has 158 valence electrons. The lowest BCUT2D eigenvalue weighted by Crippen LogP contribution is -2.30. The van der Waals surface area contributed by atoms with E-state index in [4.69, 9.17) is 4.74 Å². The van der Waals surface area contributed by atoms with E-state index in [1.54, 1.807) is 18.2 Å². The number of nitro benzene ring substituents is 1. The van der Waals surface area contributed by atoms with Crippen LogP contribution in [0.5, 0.6) is 5.75 Å². The number of benzene rings is 2. The van der Waals surface area contributed by atoms with Gasteiger partial charge in [0.1, 0.15) is 12.1 Å². The number of para-hydroxylation sites is 1. The molecule has 13 heteroatoms. The second kappa shape index (κ2) is 9.13. The van der Waals surface area contributed by atoms with Crippen LogP contribution in [0.4, 0.5) is 28.7 Å². The molecule has 1 aromatic heterocycles. The van der Waals surface area contributed by atoms with Crippen LogP contribution in [0.3, 0.4) is 0 Å². The Morgan fingerprint density at radius 3 is 2.45 bits per heavy atom. The van der Waals surface area contributed by atoms with E-state index >= 15 is 0 Å². The molecule has 0 spiro atoms. The molecule has 0 aliphatic carbocycles. The van der Waals surface area contributed by atoms with E-state index in [1.807, 2.05) is 0 Å². The summed E-state index contributed by atoms with van der Waals surface area (Å²) in [6.07, 6.45) is 1.03. The Balaban J connectivity index is 1.85. The number of hydrogen-bond acceptors (Lipinski definition) is 10. The maximum absolute atomic E-state index is 12.4. The number of carbonyl (C=O) groups is 1. The van der Waals surface area contributed by atoms with Crippen LogP contribution in [0.15, 0.2) is 54.9 Å². The lowest BCUT2D eigenvalue weighted by atomic mass is 10.2. The summed E-state index contributed by atoms with van der Waals surface area (Å²) in [6, 6.07) is 11.8. The topological polar surface area (TPSA) is 174 Å². The molecule has 31 heavy (non-hydrogen) atoms. The molecule has 0 atom stereocenters. The minimum absolute atomic E-state index is 0.198. The smallest absolute Gasteiger partial charge is 0.355 e. The first-order chi connectivity index (χ1) is 14.9. The van der Waals surface area contributed by atoms with Crippen LogP contribution >= 0.6 is 0 Å². The number of hydrogen-bond donors (Lipinski definition) is 3. The van der Waals surface area contributed by atoms with Crippen molar-refractivity contribution in [2.24, 2.45) is 0 Å². The largest absolute Gasteiger partial charge is 0.496 e. The summed E-state index contributed by atoms with van der Waals surface area (Å²) < 4.78 is 5.11. The van der Waals surface area contributed by atoms with Crippen LogP contribution in [0.2, 0.25) is 0 Å². The number of hydrazine groups is 1. The minimum atomic E-state index is -0.753. The summed E-state index contributed by atoms with van der Waals surface area (Å²) in [5.41, 5.74) is 4.35. The molecular formula is C18H15N7O6. The van der Waals surface area contributed by atoms with Gasteiger partial charge in [0.25, 0.3) is 11.6 Å². The monoisotopic (exact) mass is 425 g/mol. The average Bonchev–Trinajstić information content (AvgIpc) is 2.77. The Hall–Kier alpha value is -4.81. The molecule has 3 rings (SSSR count). The number of non-ortho nitro benzene ring substituents is 1. The third-order valence-electron chi connectivity index (χ3n) is 3.97. The Morgan fingerprint density at radius 1 is 1.00 bits per heavy atom. The molecule has 3 aromatic rings. The minimum Gasteiger partial charge on any atom is -0.496 e. The molecule has 0 bridgehead atoms. The number of aromatic nitrogens is 2. The summed E-state index contributed by atoms with van der Waals surface area (Å²) in [6.45, 7) is 0. The maximum atomic E-state index is 12.4. The number of ether oxygens (including phenoxy) is 1. The van der Waals surface area contributed by atoms with Crippen LogP contribution < -0.4 is 20.9 Å². The number of methoxy groups -OCH3 is 1. The van der Waals surface area contributed by atoms with Crippen LogP contribution in [0, 0.1) is 20.2 Å². The predicted molar refractivity (Wildman–Crippen MR) is 109 cm³/mol. The van der Waals surface area contributed by atoms with Crippen molar-refractivity contribution in [3.05, 3.63) is 80.7 Å². The van der Waals surface area contributed by atoms with Gasteiger partial charge in [-0.25, -0.2) is 9.97 Å². The summed E-state index contributed by atoms with van der Waals surface area (Å²) >= 11 is 0. The molecule has 0 saturated heterocycles. The zero-order chi connectivity index (χ0) is 22.4. The van der Waals surface area contributed by atoms with E-state index in [2.05, 4.69) is 26.1 Å². The highest BCUT2D eigenvalue weighted by Crippen LogP contribution is 2.31. The molecule has 0 saturated carbocycles. The van der Waals surface area contributed by atoms with Gasteiger partial charge in [-0.1, -0.05) is 18.2 Å². The van der Waals surface area contributed by atoms with E-state index in [0.29, 0.717) is 5.75 Å². The fraction of sp³-hybridized carbons (Fsp3) is 0.0556. The van der Waals surface area contributed by atoms with Crippen LogP contribution in [-0.4, -0.2) is 32.8 Å². The van der Waals surface area contributed by atoms with Crippen molar-refractivity contribution >= 4 is 34.6 Å². The lowest BCUT2D eigenvalue weighted by Gasteiger charge is -2.12. The summed E-state index contributed by atoms with van der Waals surface area (Å²) in [7, 11) is 1.40. The van der Waals surface area contributed by atoms with Gasteiger partial charge in [-0.2, -0.15) is 0 Å². The zero-order valence-corrected chi connectivity index (χ0v) is 15.9. The Morgan fingerprint density at radius 2 is 1.74 bits per heavy atom. The molecule has 2 aromatic carbocycles. The number of carbonyl (C=O) groups excluding carboxylic acids is 1. The standard InChI is InChI=1S/C18H15N7O6/c1-31-14-8-3-2-7-13(14)18(26)23-22-17-15(25(29)30)16(19-10-20-17)21-11-5-4-6-12(9-11)24(27)28/h2-10H,1H3,(H,23,26)(H2,19,20,21,22). The van der Waals surface area contributed by atoms with E-state index in [1.165, 1.54) is 37.4 Å². The van der Waals surface area contributed by atoms with Crippen molar-refractivity contribution in [3.63, 3.8) is 0 Å². The van der Waals surface area contributed by atoms with Gasteiger partial charge in [0.15, 0.2) is 0 Å². The lowest BCUT2D eigenvalue weighted by molar-refractivity contribution is -0.384. The predicted octanol–water partition coefficient (Wildman–Crippen LogP) is 2.80. The first-order valence-electron chi connectivity index (χ1n) is 8.61. The molecular weight excluding hydrogens is 410 g/mol. The van der Waals surface area contributed by atoms with E-state index in [9.17, 15) is 25.0 Å². The molecule has 1 amide bonds. The van der Waals surface area contributed by atoms with Crippen molar-refractivity contribution in [1.82, 2.24) is 15.4 Å². The average molecular weight is 425 g/mol. The zero-order valence-electron chi connectivity index (χ0n) is 15.9. The van der Waals surface area contributed by atoms with E-state index in [0.717, 1.165) is 6.33 Å². The van der Waals surface area contributed by atoms with Gasteiger partial charge in [-0.15, -0.1) is 0 Å². The highest BCUT2D eigenvalue weighted by Gasteiger charge is 2.24. The van der Waals surface area contributed by atoms with Crippen molar-refractivity contribution in [1.29, 1.82) is 0 Å². The maximum Gasteiger partial charge on any atom is 0.355 e. The number of nitrogens with zero attached hydrogens (tertiary/aromatic N) is 4. The summed E-state index contributed by atoms with van der Waals surface area (Å²) in [5.74, 6) is -0.823. The number of rotatable bonds is 8. The third kappa shape index (κ3) is 4.79. The molecule has 0 fully saturated rings. The van der Waals surface area contributed by atoms with Crippen LogP contribution in [0.1, 0.15) is 10.4 Å². The van der Waals surface area contributed by atoms with Gasteiger partial charge < -0.3 is 10.1 Å². The fourth-order valence-electron chi connectivity index (χ4n) is 2.58. The number of nitrogens with one attached hydrogen (secondary N) is 3. The molecule has 0 unspecified atom stereocenters. The van der Waals surface area contributed by atoms with Gasteiger partial charge in [-0.3, -0.25) is 35.9 Å². The highest BCUT2D eigenvalue weighted by atomic mass is 16.6. The number of amides is 1. The Bertz CT molecular complexity index is 1150. The second-order valence-electron chi connectivity index (χ2n) is 5.89. The Kier molecular flexibility index (Phi) is 6.16. The second-order valence-corrected chi connectivity index (χ2v) is 5.89. The third-order valence-corrected chi connectivity index (χ3v) is 3.97. The molecule has 13 nitrogen and oxygen atoms in total. The normalized spacial score (nSPS) is 10.1. The van der Waals surface area contributed by atoms with Gasteiger partial charge in [0.2, 0.25) is 11.6 Å². The first-order valence-corrected chi connectivity index (χ1v) is 8.61. The van der Waals surface area contributed by atoms with Crippen molar-refractivity contribution in [3.8, 4) is 5.75 Å². The van der Waals surface area contributed by atoms with Crippen molar-refractivity contribution < 1.29 is 19.4 Å². The van der Waals surface area contributed by atoms with Gasteiger partial charge >= 0.3 is 5.69 Å². The van der Waals surface area contributed by atoms with Crippen molar-refractivity contribution in [2.75, 3.05) is 17.9 Å². The fourth-order valence-corrected chi connectivity index (χ4v) is 2.58. The van der Waals surface area contributed by atoms with Crippen LogP contribution in [-0.2, 0) is 0 Å². The first kappa shape index (κ1) is 20.9. The summed E-state index contributed by atoms with van der Waals surface area (Å²) in [4.78, 5) is 41.3. The number of anilines is 3. The molecule has 0 radical (unpaired) electrons. The van der Waals surface area contributed by atoms with Gasteiger partial charge in [-0.05, 0) is 18.2 Å². The van der Waals surface area contributed by atoms with Gasteiger partial charge in [0.05, 0.1) is 22.5 Å². The number of nitro groups is 2. The van der Waals surface area contributed by atoms with E-state index in [-0.39, 0.29) is 28.6 Å².